The summed E-state index contributed by atoms with van der Waals surface area (Å²) in [7, 11) is -9.12. The van der Waals surface area contributed by atoms with Gasteiger partial charge in [0.05, 0.1) is 15.9 Å². The summed E-state index contributed by atoms with van der Waals surface area (Å²) in [4.78, 5) is 1.37. The molecule has 44 heavy (non-hydrogen) atoms. The van der Waals surface area contributed by atoms with Gasteiger partial charge in [-0.05, 0) is 70.9 Å². The summed E-state index contributed by atoms with van der Waals surface area (Å²) in [5.41, 5.74) is 2.71. The molecule has 1 heterocycles. The summed E-state index contributed by atoms with van der Waals surface area (Å²) in [6, 6.07) is 15.3. The maximum absolute atomic E-state index is 13.6. The molecule has 238 valence electrons. The molecule has 0 fully saturated rings. The van der Waals surface area contributed by atoms with Crippen molar-refractivity contribution in [3.63, 3.8) is 0 Å². The fourth-order valence-electron chi connectivity index (χ4n) is 5.81. The van der Waals surface area contributed by atoms with Gasteiger partial charge < -0.3 is 13.9 Å². The molecule has 2 aromatic rings. The van der Waals surface area contributed by atoms with Crippen molar-refractivity contribution in [2.75, 3.05) is 44.2 Å². The molecule has 2 aromatic carbocycles. The predicted octanol–water partition coefficient (Wildman–Crippen LogP) is 5.58. The third kappa shape index (κ3) is 6.56. The van der Waals surface area contributed by atoms with Gasteiger partial charge in [-0.1, -0.05) is 19.9 Å². The van der Waals surface area contributed by atoms with E-state index in [-0.39, 0.29) is 23.5 Å². The zero-order valence-electron chi connectivity index (χ0n) is 26.5. The topological polar surface area (TPSA) is 114 Å². The van der Waals surface area contributed by atoms with E-state index in [4.69, 9.17) is 4.42 Å². The highest BCUT2D eigenvalue weighted by Gasteiger charge is 2.28. The number of anilines is 1. The highest BCUT2D eigenvalue weighted by molar-refractivity contribution is 7.89. The van der Waals surface area contributed by atoms with Crippen LogP contribution in [0.1, 0.15) is 54.4 Å². The van der Waals surface area contributed by atoms with Gasteiger partial charge in [-0.3, -0.25) is 0 Å². The van der Waals surface area contributed by atoms with E-state index < -0.39 is 25.0 Å². The zero-order chi connectivity index (χ0) is 32.2. The molecule has 1 aliphatic carbocycles. The first-order valence-corrected chi connectivity index (χ1v) is 18.2. The number of sulfonamides is 1. The Morgan fingerprint density at radius 3 is 1.98 bits per heavy atom. The minimum atomic E-state index is -5.09. The standard InChI is InChI=1S/C33H43N3O6S2/c1-7-19-36(20-8-2)43(37,38)26-15-18-29(32(23-26)44(39,40)41)33-27-16-13-24(34(9-3)10-4)21-30(27)42-31-22-25(14-17-28(31)33)35(11-5)12-6/h13-18,21-23H,7-12,19-20H2,1-6H3. The molecule has 2 aliphatic rings. The lowest BCUT2D eigenvalue weighted by molar-refractivity contribution is 0.410. The largest absolute Gasteiger partial charge is 0.744 e. The van der Waals surface area contributed by atoms with Crippen LogP contribution in [0.5, 0.6) is 0 Å². The molecule has 0 amide bonds. The van der Waals surface area contributed by atoms with E-state index in [1.165, 1.54) is 16.4 Å². The second-order valence-corrected chi connectivity index (χ2v) is 14.0. The molecule has 0 saturated carbocycles. The SMILES string of the molecule is CCCN(CCC)S(=O)(=O)c1ccc(-c2c3ccc(=[N+](CC)CC)cc-3oc3cc(N(CC)CC)ccc23)c(S(=O)(=O)[O-])c1. The van der Waals surface area contributed by atoms with Crippen molar-refractivity contribution >= 4 is 36.8 Å². The Hall–Kier alpha value is -3.25. The first-order chi connectivity index (χ1) is 20.9. The molecule has 0 N–H and O–H groups in total. The fraction of sp³-hybridized carbons (Fsp3) is 0.424. The Labute approximate surface area is 261 Å². The first kappa shape index (κ1) is 33.6. The Bertz CT molecular complexity index is 1880. The molecule has 0 aromatic heterocycles. The van der Waals surface area contributed by atoms with Crippen molar-refractivity contribution in [1.82, 2.24) is 8.88 Å². The van der Waals surface area contributed by atoms with Gasteiger partial charge in [0.15, 0.2) is 0 Å². The van der Waals surface area contributed by atoms with Crippen LogP contribution in [0.4, 0.5) is 5.69 Å². The molecule has 0 saturated heterocycles. The smallest absolute Gasteiger partial charge is 0.243 e. The van der Waals surface area contributed by atoms with Crippen LogP contribution in [0.25, 0.3) is 33.4 Å². The predicted molar refractivity (Wildman–Crippen MR) is 175 cm³/mol. The van der Waals surface area contributed by atoms with Crippen LogP contribution in [0.2, 0.25) is 0 Å². The quantitative estimate of drug-likeness (QED) is 0.106. The summed E-state index contributed by atoms with van der Waals surface area (Å²) in [5.74, 6) is 0.525. The molecule has 0 atom stereocenters. The first-order valence-electron chi connectivity index (χ1n) is 15.4. The van der Waals surface area contributed by atoms with E-state index in [0.717, 1.165) is 43.3 Å². The summed E-state index contributed by atoms with van der Waals surface area (Å²) < 4.78 is 75.7. The van der Waals surface area contributed by atoms with Crippen molar-refractivity contribution < 1.29 is 25.8 Å². The van der Waals surface area contributed by atoms with Gasteiger partial charge in [0.1, 0.15) is 34.6 Å². The molecule has 0 unspecified atom stereocenters. The van der Waals surface area contributed by atoms with Crippen LogP contribution >= 0.6 is 0 Å². The van der Waals surface area contributed by atoms with Gasteiger partial charge in [-0.2, -0.15) is 4.31 Å². The van der Waals surface area contributed by atoms with E-state index in [2.05, 4.69) is 37.2 Å². The normalized spacial score (nSPS) is 12.4. The third-order valence-corrected chi connectivity index (χ3v) is 10.8. The lowest BCUT2D eigenvalue weighted by atomic mass is 9.93. The highest BCUT2D eigenvalue weighted by atomic mass is 32.2. The van der Waals surface area contributed by atoms with Crippen LogP contribution in [0.3, 0.4) is 0 Å². The van der Waals surface area contributed by atoms with Crippen molar-refractivity contribution in [3.05, 3.63) is 60.0 Å². The van der Waals surface area contributed by atoms with Crippen LogP contribution in [-0.2, 0) is 20.1 Å². The molecule has 0 bridgehead atoms. The summed E-state index contributed by atoms with van der Waals surface area (Å²) in [6.45, 7) is 15.7. The number of nitrogens with zero attached hydrogens (tertiary/aromatic N) is 3. The second-order valence-electron chi connectivity index (χ2n) is 10.7. The van der Waals surface area contributed by atoms with Crippen molar-refractivity contribution in [2.45, 2.75) is 64.2 Å². The summed E-state index contributed by atoms with van der Waals surface area (Å²) in [6.07, 6.45) is 1.20. The number of fused-ring (bicyclic) bond motifs is 2. The van der Waals surface area contributed by atoms with E-state index in [9.17, 15) is 21.4 Å². The van der Waals surface area contributed by atoms with Crippen LogP contribution in [-0.4, -0.2) is 65.0 Å². The molecular formula is C33H43N3O6S2. The van der Waals surface area contributed by atoms with Gasteiger partial charge in [-0.25, -0.2) is 21.4 Å². The van der Waals surface area contributed by atoms with E-state index in [0.29, 0.717) is 40.7 Å². The average Bonchev–Trinajstić information content (AvgIpc) is 3.00. The lowest BCUT2D eigenvalue weighted by Gasteiger charge is -2.24. The van der Waals surface area contributed by atoms with E-state index >= 15 is 0 Å². The van der Waals surface area contributed by atoms with Gasteiger partial charge >= 0.3 is 0 Å². The van der Waals surface area contributed by atoms with Crippen LogP contribution in [0.15, 0.2) is 68.8 Å². The van der Waals surface area contributed by atoms with Gasteiger partial charge in [0, 0.05) is 66.1 Å². The minimum Gasteiger partial charge on any atom is -0.744 e. The zero-order valence-corrected chi connectivity index (χ0v) is 28.1. The molecule has 4 rings (SSSR count). The maximum atomic E-state index is 13.6. The summed E-state index contributed by atoms with van der Waals surface area (Å²) in [5, 5.41) is 1.56. The third-order valence-electron chi connectivity index (χ3n) is 8.02. The van der Waals surface area contributed by atoms with E-state index in [1.54, 1.807) is 0 Å². The Balaban J connectivity index is 2.11. The second kappa shape index (κ2) is 13.8. The van der Waals surface area contributed by atoms with Crippen molar-refractivity contribution in [1.29, 1.82) is 0 Å². The number of benzene rings is 3. The molecule has 1 aliphatic heterocycles. The van der Waals surface area contributed by atoms with E-state index in [1.807, 2.05) is 50.2 Å². The molecule has 0 radical (unpaired) electrons. The Morgan fingerprint density at radius 2 is 1.41 bits per heavy atom. The highest BCUT2D eigenvalue weighted by Crippen LogP contribution is 2.43. The minimum absolute atomic E-state index is 0.133. The van der Waals surface area contributed by atoms with Crippen LogP contribution < -0.4 is 14.8 Å². The van der Waals surface area contributed by atoms with Crippen molar-refractivity contribution in [2.24, 2.45) is 0 Å². The van der Waals surface area contributed by atoms with Gasteiger partial charge in [0.25, 0.3) is 0 Å². The summed E-state index contributed by atoms with van der Waals surface area (Å²) >= 11 is 0. The maximum Gasteiger partial charge on any atom is 0.243 e. The van der Waals surface area contributed by atoms with Crippen molar-refractivity contribution in [3.8, 4) is 22.5 Å². The lowest BCUT2D eigenvalue weighted by Crippen LogP contribution is -2.32. The molecule has 11 heteroatoms. The Morgan fingerprint density at radius 1 is 0.773 bits per heavy atom. The number of rotatable bonds is 13. The number of hydrogen-bond acceptors (Lipinski definition) is 7. The molecular weight excluding hydrogens is 599 g/mol. The van der Waals surface area contributed by atoms with Crippen LogP contribution in [0, 0.1) is 0 Å². The average molecular weight is 642 g/mol. The monoisotopic (exact) mass is 641 g/mol. The van der Waals surface area contributed by atoms with Gasteiger partial charge in [0.2, 0.25) is 15.4 Å². The molecule has 0 spiro atoms. The number of hydrogen-bond donors (Lipinski definition) is 0. The fourth-order valence-corrected chi connectivity index (χ4v) is 8.24. The Kier molecular flexibility index (Phi) is 10.6. The van der Waals surface area contributed by atoms with Gasteiger partial charge in [-0.15, -0.1) is 0 Å². The molecule has 9 nitrogen and oxygen atoms in total.